The zero-order valence-electron chi connectivity index (χ0n) is 11.5. The van der Waals surface area contributed by atoms with Gasteiger partial charge in [-0.3, -0.25) is 9.59 Å². The number of ether oxygens (including phenoxy) is 1. The van der Waals surface area contributed by atoms with E-state index in [2.05, 4.69) is 0 Å². The molecule has 0 bridgehead atoms. The molecule has 19 heavy (non-hydrogen) atoms. The minimum absolute atomic E-state index is 0.0254. The van der Waals surface area contributed by atoms with E-state index in [4.69, 9.17) is 4.74 Å². The van der Waals surface area contributed by atoms with Gasteiger partial charge in [0.05, 0.1) is 25.0 Å². The molecule has 0 aromatic rings. The Hall–Kier alpha value is -1.36. The number of hydrogen-bond donors (Lipinski definition) is 1. The summed E-state index contributed by atoms with van der Waals surface area (Å²) in [7, 11) is 0. The molecule has 0 spiro atoms. The fourth-order valence-electron chi connectivity index (χ4n) is 2.83. The number of amides is 1. The summed E-state index contributed by atoms with van der Waals surface area (Å²) in [4.78, 5) is 25.6. The molecule has 1 heterocycles. The summed E-state index contributed by atoms with van der Waals surface area (Å²) in [5, 5.41) is 9.34. The molecule has 5 heteroatoms. The molecule has 1 amide bonds. The van der Waals surface area contributed by atoms with Gasteiger partial charge in [0.25, 0.3) is 0 Å². The molecular formula is C14H21NO4. The Balaban J connectivity index is 2.15. The van der Waals surface area contributed by atoms with Crippen molar-refractivity contribution in [2.24, 2.45) is 11.8 Å². The average Bonchev–Trinajstić information content (AvgIpc) is 2.41. The van der Waals surface area contributed by atoms with E-state index in [0.717, 1.165) is 11.1 Å². The van der Waals surface area contributed by atoms with Crippen LogP contribution >= 0.6 is 0 Å². The van der Waals surface area contributed by atoms with Gasteiger partial charge in [0, 0.05) is 13.1 Å². The maximum absolute atomic E-state index is 12.5. The van der Waals surface area contributed by atoms with Crippen LogP contribution in [0.15, 0.2) is 11.1 Å². The van der Waals surface area contributed by atoms with Crippen LogP contribution in [0.1, 0.15) is 26.7 Å². The van der Waals surface area contributed by atoms with Gasteiger partial charge < -0.3 is 14.7 Å². The number of rotatable bonds is 2. The highest BCUT2D eigenvalue weighted by molar-refractivity contribution is 5.85. The minimum Gasteiger partial charge on any atom is -0.481 e. The van der Waals surface area contributed by atoms with E-state index in [1.54, 1.807) is 4.90 Å². The Morgan fingerprint density at radius 1 is 1.11 bits per heavy atom. The molecule has 5 nitrogen and oxygen atoms in total. The third-order valence-corrected chi connectivity index (χ3v) is 4.22. The normalized spacial score (nSPS) is 28.4. The maximum atomic E-state index is 12.5. The predicted molar refractivity (Wildman–Crippen MR) is 69.6 cm³/mol. The van der Waals surface area contributed by atoms with Crippen molar-refractivity contribution in [3.8, 4) is 0 Å². The van der Waals surface area contributed by atoms with Crippen LogP contribution in [-0.2, 0) is 14.3 Å². The zero-order chi connectivity index (χ0) is 14.0. The van der Waals surface area contributed by atoms with E-state index in [1.807, 2.05) is 13.8 Å². The van der Waals surface area contributed by atoms with Crippen LogP contribution in [0.4, 0.5) is 0 Å². The Labute approximate surface area is 113 Å². The Morgan fingerprint density at radius 2 is 1.63 bits per heavy atom. The summed E-state index contributed by atoms with van der Waals surface area (Å²) in [6, 6.07) is 0. The number of aliphatic carboxylic acids is 1. The Morgan fingerprint density at radius 3 is 2.16 bits per heavy atom. The fourth-order valence-corrected chi connectivity index (χ4v) is 2.83. The van der Waals surface area contributed by atoms with Gasteiger partial charge in [0.2, 0.25) is 5.91 Å². The van der Waals surface area contributed by atoms with Crippen molar-refractivity contribution < 1.29 is 19.4 Å². The lowest BCUT2D eigenvalue weighted by Gasteiger charge is -2.35. The molecule has 1 aliphatic carbocycles. The van der Waals surface area contributed by atoms with E-state index >= 15 is 0 Å². The summed E-state index contributed by atoms with van der Waals surface area (Å²) in [6.45, 7) is 6.19. The molecule has 106 valence electrons. The summed E-state index contributed by atoms with van der Waals surface area (Å²) < 4.78 is 5.23. The van der Waals surface area contributed by atoms with E-state index in [1.165, 1.54) is 0 Å². The molecule has 2 atom stereocenters. The molecule has 0 saturated carbocycles. The average molecular weight is 267 g/mol. The summed E-state index contributed by atoms with van der Waals surface area (Å²) >= 11 is 0. The highest BCUT2D eigenvalue weighted by atomic mass is 16.5. The van der Waals surface area contributed by atoms with Gasteiger partial charge in [0.1, 0.15) is 0 Å². The first-order valence-electron chi connectivity index (χ1n) is 6.75. The summed E-state index contributed by atoms with van der Waals surface area (Å²) in [5.41, 5.74) is 2.27. The van der Waals surface area contributed by atoms with Gasteiger partial charge in [-0.15, -0.1) is 0 Å². The van der Waals surface area contributed by atoms with E-state index in [9.17, 15) is 14.7 Å². The number of carbonyl (C=O) groups is 2. The third kappa shape index (κ3) is 2.97. The van der Waals surface area contributed by atoms with Crippen LogP contribution < -0.4 is 0 Å². The van der Waals surface area contributed by atoms with Crippen LogP contribution in [0, 0.1) is 11.8 Å². The second-order valence-electron chi connectivity index (χ2n) is 5.46. The fraction of sp³-hybridized carbons (Fsp3) is 0.714. The van der Waals surface area contributed by atoms with Gasteiger partial charge in [-0.2, -0.15) is 0 Å². The second kappa shape index (κ2) is 5.74. The zero-order valence-corrected chi connectivity index (χ0v) is 11.5. The quantitative estimate of drug-likeness (QED) is 0.766. The largest absolute Gasteiger partial charge is 0.481 e. The molecule has 2 aliphatic rings. The smallest absolute Gasteiger partial charge is 0.307 e. The number of carboxylic acids is 1. The molecule has 0 aromatic heterocycles. The molecule has 0 unspecified atom stereocenters. The van der Waals surface area contributed by atoms with Crippen molar-refractivity contribution in [1.82, 2.24) is 4.90 Å². The van der Waals surface area contributed by atoms with Crippen molar-refractivity contribution in [2.45, 2.75) is 26.7 Å². The first-order valence-corrected chi connectivity index (χ1v) is 6.75. The molecule has 1 fully saturated rings. The first-order chi connectivity index (χ1) is 9.00. The van der Waals surface area contributed by atoms with Crippen LogP contribution in [-0.4, -0.2) is 48.2 Å². The summed E-state index contributed by atoms with van der Waals surface area (Å²) in [5.74, 6) is -1.89. The van der Waals surface area contributed by atoms with Crippen LogP contribution in [0.2, 0.25) is 0 Å². The third-order valence-electron chi connectivity index (χ3n) is 4.22. The predicted octanol–water partition coefficient (Wildman–Crippen LogP) is 1.29. The van der Waals surface area contributed by atoms with Gasteiger partial charge >= 0.3 is 5.97 Å². The van der Waals surface area contributed by atoms with E-state index in [-0.39, 0.29) is 5.91 Å². The van der Waals surface area contributed by atoms with Gasteiger partial charge in [-0.25, -0.2) is 0 Å². The monoisotopic (exact) mass is 267 g/mol. The number of allylic oxidation sites excluding steroid dienone is 2. The summed E-state index contributed by atoms with van der Waals surface area (Å²) in [6.07, 6.45) is 1.06. The SMILES string of the molecule is CC1=C(C)C[C@@H](C(=O)O)[C@@H](C(=O)N2CCOCC2)C1. The van der Waals surface area contributed by atoms with Crippen molar-refractivity contribution in [2.75, 3.05) is 26.3 Å². The maximum Gasteiger partial charge on any atom is 0.307 e. The highest BCUT2D eigenvalue weighted by Crippen LogP contribution is 2.35. The van der Waals surface area contributed by atoms with Crippen LogP contribution in [0.5, 0.6) is 0 Å². The lowest BCUT2D eigenvalue weighted by molar-refractivity contribution is -0.152. The van der Waals surface area contributed by atoms with Crippen molar-refractivity contribution >= 4 is 11.9 Å². The van der Waals surface area contributed by atoms with E-state index < -0.39 is 17.8 Å². The lowest BCUT2D eigenvalue weighted by atomic mass is 9.76. The van der Waals surface area contributed by atoms with Gasteiger partial charge in [0.15, 0.2) is 0 Å². The molecule has 2 rings (SSSR count). The van der Waals surface area contributed by atoms with Crippen molar-refractivity contribution in [1.29, 1.82) is 0 Å². The topological polar surface area (TPSA) is 66.8 Å². The highest BCUT2D eigenvalue weighted by Gasteiger charge is 2.39. The van der Waals surface area contributed by atoms with Gasteiger partial charge in [-0.1, -0.05) is 11.1 Å². The molecule has 0 aromatic carbocycles. The van der Waals surface area contributed by atoms with Crippen molar-refractivity contribution in [3.05, 3.63) is 11.1 Å². The molecule has 0 radical (unpaired) electrons. The number of morpholine rings is 1. The number of nitrogens with zero attached hydrogens (tertiary/aromatic N) is 1. The van der Waals surface area contributed by atoms with Crippen LogP contribution in [0.3, 0.4) is 0 Å². The molecule has 1 saturated heterocycles. The second-order valence-corrected chi connectivity index (χ2v) is 5.46. The Bertz CT molecular complexity index is 410. The number of hydrogen-bond acceptors (Lipinski definition) is 3. The number of carboxylic acid groups (broad SMARTS) is 1. The number of carbonyl (C=O) groups excluding carboxylic acids is 1. The minimum atomic E-state index is -0.863. The molecular weight excluding hydrogens is 246 g/mol. The van der Waals surface area contributed by atoms with Crippen LogP contribution in [0.25, 0.3) is 0 Å². The molecule has 1 aliphatic heterocycles. The Kier molecular flexibility index (Phi) is 4.24. The van der Waals surface area contributed by atoms with E-state index in [0.29, 0.717) is 39.1 Å². The molecule has 1 N–H and O–H groups in total. The first kappa shape index (κ1) is 14.1. The van der Waals surface area contributed by atoms with Gasteiger partial charge in [-0.05, 0) is 26.7 Å². The standard InChI is InChI=1S/C14H21NO4/c1-9-7-11(12(14(17)18)8-10(9)2)13(16)15-3-5-19-6-4-15/h11-12H,3-8H2,1-2H3,(H,17,18)/t11-,12+/m0/s1. The van der Waals surface area contributed by atoms with Crippen molar-refractivity contribution in [3.63, 3.8) is 0 Å². The lowest BCUT2D eigenvalue weighted by Crippen LogP contribution is -2.47.